The van der Waals surface area contributed by atoms with E-state index < -0.39 is 66.9 Å². The van der Waals surface area contributed by atoms with Gasteiger partial charge >= 0.3 is 17.9 Å². The van der Waals surface area contributed by atoms with E-state index in [0.717, 1.165) is 0 Å². The molecule has 3 aliphatic rings. The van der Waals surface area contributed by atoms with Gasteiger partial charge in [-0.2, -0.15) is 0 Å². The number of aliphatic hydroxyl groups excluding tert-OH is 1. The third-order valence-corrected chi connectivity index (χ3v) is 7.46. The van der Waals surface area contributed by atoms with Gasteiger partial charge in [0.25, 0.3) is 0 Å². The number of carbonyl (C=O) groups is 3. The van der Waals surface area contributed by atoms with Crippen molar-refractivity contribution in [2.24, 2.45) is 0 Å². The molecule has 8 atom stereocenters. The summed E-state index contributed by atoms with van der Waals surface area (Å²) in [4.78, 5) is 39.2. The van der Waals surface area contributed by atoms with E-state index >= 15 is 0 Å². The minimum Gasteiger partial charge on any atom is -0.459 e. The zero-order chi connectivity index (χ0) is 29.8. The minimum absolute atomic E-state index is 0.0858. The second-order valence-electron chi connectivity index (χ2n) is 10.3. The molecular formula is C32H30O11. The molecule has 0 saturated carbocycles. The summed E-state index contributed by atoms with van der Waals surface area (Å²) in [5.74, 6) is -2.02. The fourth-order valence-corrected chi connectivity index (χ4v) is 5.27. The average molecular weight is 591 g/mol. The van der Waals surface area contributed by atoms with Gasteiger partial charge in [0.05, 0.1) is 29.9 Å². The van der Waals surface area contributed by atoms with E-state index in [2.05, 4.69) is 0 Å². The highest BCUT2D eigenvalue weighted by Crippen LogP contribution is 2.35. The Morgan fingerprint density at radius 1 is 0.674 bits per heavy atom. The van der Waals surface area contributed by atoms with Gasteiger partial charge in [0, 0.05) is 0 Å². The Hall–Kier alpha value is -4.13. The highest BCUT2D eigenvalue weighted by atomic mass is 16.8. The molecule has 3 fully saturated rings. The number of esters is 3. The Morgan fingerprint density at radius 2 is 1.21 bits per heavy atom. The zero-order valence-electron chi connectivity index (χ0n) is 22.9. The van der Waals surface area contributed by atoms with Crippen molar-refractivity contribution in [3.05, 3.63) is 108 Å². The van der Waals surface area contributed by atoms with Crippen LogP contribution >= 0.6 is 0 Å². The maximum Gasteiger partial charge on any atom is 0.338 e. The Balaban J connectivity index is 1.28. The van der Waals surface area contributed by atoms with E-state index in [9.17, 15) is 19.5 Å². The van der Waals surface area contributed by atoms with Crippen LogP contribution in [0.4, 0.5) is 0 Å². The van der Waals surface area contributed by atoms with Crippen molar-refractivity contribution in [1.82, 2.24) is 0 Å². The lowest BCUT2D eigenvalue weighted by atomic mass is 10.0. The van der Waals surface area contributed by atoms with Crippen LogP contribution in [0.3, 0.4) is 0 Å². The van der Waals surface area contributed by atoms with Crippen LogP contribution in [-0.2, 0) is 33.2 Å². The summed E-state index contributed by atoms with van der Waals surface area (Å²) in [6.45, 7) is -0.0620. The predicted molar refractivity (Wildman–Crippen MR) is 147 cm³/mol. The molecule has 3 heterocycles. The molecular weight excluding hydrogens is 560 g/mol. The van der Waals surface area contributed by atoms with Crippen molar-refractivity contribution < 1.29 is 52.6 Å². The molecule has 0 unspecified atom stereocenters. The van der Waals surface area contributed by atoms with E-state index in [1.807, 2.05) is 0 Å². The van der Waals surface area contributed by atoms with E-state index in [1.54, 1.807) is 91.0 Å². The van der Waals surface area contributed by atoms with Gasteiger partial charge in [0.1, 0.15) is 37.1 Å². The van der Waals surface area contributed by atoms with Crippen molar-refractivity contribution in [3.63, 3.8) is 0 Å². The summed E-state index contributed by atoms with van der Waals surface area (Å²) in [5.41, 5.74) is 0.837. The number of ether oxygens (including phenoxy) is 7. The number of benzene rings is 3. The highest BCUT2D eigenvalue weighted by molar-refractivity contribution is 5.91. The molecule has 0 spiro atoms. The molecule has 0 amide bonds. The van der Waals surface area contributed by atoms with Crippen LogP contribution in [0.1, 0.15) is 31.1 Å². The Labute approximate surface area is 247 Å². The molecule has 0 radical (unpaired) electrons. The van der Waals surface area contributed by atoms with Crippen LogP contribution < -0.4 is 0 Å². The summed E-state index contributed by atoms with van der Waals surface area (Å²) < 4.78 is 41.1. The van der Waals surface area contributed by atoms with Gasteiger partial charge in [-0.3, -0.25) is 0 Å². The number of hydrogen-bond acceptors (Lipinski definition) is 11. The number of rotatable bonds is 9. The first-order valence-electron chi connectivity index (χ1n) is 13.9. The topological polar surface area (TPSA) is 136 Å². The van der Waals surface area contributed by atoms with Gasteiger partial charge in [-0.1, -0.05) is 54.6 Å². The molecule has 1 N–H and O–H groups in total. The average Bonchev–Trinajstić information content (AvgIpc) is 3.52. The monoisotopic (exact) mass is 590 g/mol. The fraction of sp³-hybridized carbons (Fsp3) is 0.344. The van der Waals surface area contributed by atoms with E-state index in [-0.39, 0.29) is 30.9 Å². The fourth-order valence-electron chi connectivity index (χ4n) is 5.27. The van der Waals surface area contributed by atoms with Gasteiger partial charge < -0.3 is 38.3 Å². The maximum absolute atomic E-state index is 13.2. The lowest BCUT2D eigenvalue weighted by Crippen LogP contribution is -2.52. The molecule has 0 aliphatic carbocycles. The Morgan fingerprint density at radius 3 is 1.79 bits per heavy atom. The normalized spacial score (nSPS) is 29.5. The Bertz CT molecular complexity index is 1400. The Kier molecular flexibility index (Phi) is 8.77. The molecule has 3 saturated heterocycles. The van der Waals surface area contributed by atoms with Gasteiger partial charge in [-0.05, 0) is 36.4 Å². The smallest absolute Gasteiger partial charge is 0.338 e. The lowest BCUT2D eigenvalue weighted by molar-refractivity contribution is -0.239. The van der Waals surface area contributed by atoms with E-state index in [0.29, 0.717) is 5.56 Å². The maximum atomic E-state index is 13.2. The number of hydrogen-bond donors (Lipinski definition) is 1. The molecule has 11 nitrogen and oxygen atoms in total. The third kappa shape index (κ3) is 6.46. The molecule has 224 valence electrons. The number of aliphatic hydroxyl groups is 1. The predicted octanol–water partition coefficient (Wildman–Crippen LogP) is 2.56. The summed E-state index contributed by atoms with van der Waals surface area (Å²) in [5, 5.41) is 10.4. The number of fused-ring (bicyclic) bond motifs is 2. The zero-order valence-corrected chi connectivity index (χ0v) is 22.9. The van der Waals surface area contributed by atoms with E-state index in [1.165, 1.54) is 0 Å². The first-order chi connectivity index (χ1) is 21.0. The van der Waals surface area contributed by atoms with Crippen molar-refractivity contribution in [3.8, 4) is 0 Å². The summed E-state index contributed by atoms with van der Waals surface area (Å²) >= 11 is 0. The SMILES string of the molecule is O=C(OC[C@H]1O[C@H](O[C@@H]2[C@H]3OC[C@H]2OC[C@H]3O)[C@@H](OC(=O)c2ccccc2)[C@@H]1OC(=O)c1ccccc1)c1ccccc1. The van der Waals surface area contributed by atoms with Gasteiger partial charge in [0.15, 0.2) is 18.5 Å². The van der Waals surface area contributed by atoms with E-state index in [4.69, 9.17) is 33.2 Å². The molecule has 11 heteroatoms. The first-order valence-corrected chi connectivity index (χ1v) is 13.9. The largest absolute Gasteiger partial charge is 0.459 e. The van der Waals surface area contributed by atoms with Crippen LogP contribution in [0.25, 0.3) is 0 Å². The van der Waals surface area contributed by atoms with Crippen molar-refractivity contribution in [2.45, 2.75) is 49.0 Å². The molecule has 6 rings (SSSR count). The quantitative estimate of drug-likeness (QED) is 0.291. The molecule has 0 aromatic heterocycles. The molecule has 2 bridgehead atoms. The molecule has 3 aromatic carbocycles. The van der Waals surface area contributed by atoms with Crippen LogP contribution in [-0.4, -0.2) is 91.9 Å². The third-order valence-electron chi connectivity index (χ3n) is 7.46. The summed E-state index contributed by atoms with van der Waals surface area (Å²) in [7, 11) is 0. The molecule has 43 heavy (non-hydrogen) atoms. The summed E-state index contributed by atoms with van der Waals surface area (Å²) in [6.07, 6.45) is -7.77. The van der Waals surface area contributed by atoms with Gasteiger partial charge in [-0.15, -0.1) is 0 Å². The highest BCUT2D eigenvalue weighted by Gasteiger charge is 2.55. The minimum atomic E-state index is -1.28. The number of carbonyl (C=O) groups excluding carboxylic acids is 3. The van der Waals surface area contributed by atoms with Gasteiger partial charge in [-0.25, -0.2) is 14.4 Å². The second-order valence-corrected chi connectivity index (χ2v) is 10.3. The van der Waals surface area contributed by atoms with Crippen LogP contribution in [0.2, 0.25) is 0 Å². The van der Waals surface area contributed by atoms with Crippen LogP contribution in [0.5, 0.6) is 0 Å². The first kappa shape index (κ1) is 29.0. The van der Waals surface area contributed by atoms with Crippen LogP contribution in [0, 0.1) is 0 Å². The molecule has 3 aromatic rings. The van der Waals surface area contributed by atoms with Crippen molar-refractivity contribution >= 4 is 17.9 Å². The standard InChI is InChI=1S/C32H30O11/c33-22-16-37-23-17-38-25(22)26(23)43-32-28(42-31(36)21-14-8-3-9-15-21)27(41-30(35)20-12-6-2-7-13-20)24(40-32)18-39-29(34)19-10-4-1-5-11-19/h1-15,22-28,32-33H,16-18H2/t22-,23-,24-,25+,26+,27-,28+,32-/m1/s1. The lowest BCUT2D eigenvalue weighted by Gasteiger charge is -2.34. The molecule has 3 aliphatic heterocycles. The van der Waals surface area contributed by atoms with Crippen molar-refractivity contribution in [1.29, 1.82) is 0 Å². The van der Waals surface area contributed by atoms with Crippen LogP contribution in [0.15, 0.2) is 91.0 Å². The summed E-state index contributed by atoms with van der Waals surface area (Å²) in [6, 6.07) is 25.0. The second kappa shape index (κ2) is 13.0. The van der Waals surface area contributed by atoms with Crippen molar-refractivity contribution in [2.75, 3.05) is 19.8 Å². The van der Waals surface area contributed by atoms with Gasteiger partial charge in [0.2, 0.25) is 0 Å².